The van der Waals surface area contributed by atoms with Gasteiger partial charge < -0.3 is 8.83 Å². The average Bonchev–Trinajstić information content (AvgIpc) is 3.92. The Hall–Kier alpha value is -3.66. The zero-order valence-electron chi connectivity index (χ0n) is 33.0. The van der Waals surface area contributed by atoms with Gasteiger partial charge in [0.2, 0.25) is 0 Å². The summed E-state index contributed by atoms with van der Waals surface area (Å²) in [4.78, 5) is 0. The summed E-state index contributed by atoms with van der Waals surface area (Å²) in [5, 5.41) is 5.11. The Morgan fingerprint density at radius 3 is 1.13 bits per heavy atom. The predicted octanol–water partition coefficient (Wildman–Crippen LogP) is 15.6. The average molecular weight is 847 g/mol. The Morgan fingerprint density at radius 2 is 0.833 bits per heavy atom. The summed E-state index contributed by atoms with van der Waals surface area (Å²) in [5.41, 5.74) is 14.8. The zero-order valence-corrected chi connectivity index (χ0v) is 37.9. The van der Waals surface area contributed by atoms with Crippen molar-refractivity contribution in [2.45, 2.75) is 68.5 Å². The summed E-state index contributed by atoms with van der Waals surface area (Å²) in [6.45, 7) is 21.2. The van der Waals surface area contributed by atoms with E-state index in [9.17, 15) is 0 Å². The fraction of sp³-hybridized carbons (Fsp3) is 0.208. The van der Waals surface area contributed by atoms with Crippen molar-refractivity contribution < 1.29 is 26.8 Å². The van der Waals surface area contributed by atoms with Crippen LogP contribution in [0.3, 0.4) is 0 Å². The van der Waals surface area contributed by atoms with E-state index < -0.39 is 18.0 Å². The number of hydrogen-bond donors (Lipinski definition) is 0. The van der Waals surface area contributed by atoms with Crippen LogP contribution in [0.5, 0.6) is 0 Å². The van der Waals surface area contributed by atoms with Gasteiger partial charge in [-0.05, 0) is 101 Å². The van der Waals surface area contributed by atoms with E-state index in [0.29, 0.717) is 0 Å². The van der Waals surface area contributed by atoms with E-state index in [4.69, 9.17) is 25.9 Å². The molecule has 0 fully saturated rings. The predicted molar refractivity (Wildman–Crippen MR) is 232 cm³/mol. The van der Waals surface area contributed by atoms with E-state index in [1.165, 1.54) is 77.2 Å². The van der Waals surface area contributed by atoms with Gasteiger partial charge in [-0.25, -0.2) is 0 Å². The molecular formula is C48H48Cl2O2SiZr-2. The molecule has 6 heteroatoms. The van der Waals surface area contributed by atoms with Crippen LogP contribution in [-0.4, -0.2) is 5.43 Å². The number of aryl methyl sites for hydroxylation is 8. The van der Waals surface area contributed by atoms with Gasteiger partial charge in [-0.1, -0.05) is 94.0 Å². The van der Waals surface area contributed by atoms with Gasteiger partial charge in [0.25, 0.3) is 0 Å². The SMILES string of the molecule is C[Si](C)=[Zr]([Cl])[Cl].Cc1ccc(-c2c(C)ccc3[cH-]c(-c4cc(C)c(C)o4)cc23)cc1.Cc1ccc(-c2c(C)ccc3[cH-]c(-c4cc(C)c(C)o4)cc23)cc1. The number of fused-ring (bicyclic) bond motifs is 2. The van der Waals surface area contributed by atoms with Crippen molar-refractivity contribution in [1.29, 1.82) is 0 Å². The van der Waals surface area contributed by atoms with E-state index in [0.717, 1.165) is 34.2 Å². The van der Waals surface area contributed by atoms with E-state index in [2.05, 4.69) is 164 Å². The van der Waals surface area contributed by atoms with E-state index >= 15 is 0 Å². The van der Waals surface area contributed by atoms with Gasteiger partial charge in [-0.3, -0.25) is 0 Å². The van der Waals surface area contributed by atoms with Gasteiger partial charge in [0.15, 0.2) is 0 Å². The van der Waals surface area contributed by atoms with Gasteiger partial charge in [0.05, 0.1) is 23.0 Å². The summed E-state index contributed by atoms with van der Waals surface area (Å²) in [5.74, 6) is 3.89. The quantitative estimate of drug-likeness (QED) is 0.130. The molecule has 0 spiro atoms. The molecular weight excluding hydrogens is 799 g/mol. The standard InChI is InChI=1S/2C23H21O.C2H6Si.2ClH.Zr/c2*1-14-5-8-18(9-6-14)23-15(2)7-10-19-12-20(13-21(19)23)22-11-16(3)17(4)24-22;1-3-2;;;/h2*5-13H,1-4H3;1-2H3;2*1H;/q2*-1;;;;+2/p-2. The molecule has 0 bridgehead atoms. The van der Waals surface area contributed by atoms with Gasteiger partial charge in [0.1, 0.15) is 0 Å². The van der Waals surface area contributed by atoms with Crippen LogP contribution in [0.1, 0.15) is 44.9 Å². The van der Waals surface area contributed by atoms with Crippen LogP contribution >= 0.6 is 17.0 Å². The second-order valence-corrected chi connectivity index (χ2v) is 37.7. The molecule has 2 nitrogen and oxygen atoms in total. The molecule has 0 aliphatic carbocycles. The third-order valence-electron chi connectivity index (χ3n) is 10.2. The van der Waals surface area contributed by atoms with Crippen LogP contribution in [0.2, 0.25) is 13.1 Å². The van der Waals surface area contributed by atoms with Crippen molar-refractivity contribution in [2.24, 2.45) is 0 Å². The second kappa shape index (κ2) is 17.0. The van der Waals surface area contributed by atoms with Gasteiger partial charge >= 0.3 is 53.5 Å². The number of hydrogen-bond acceptors (Lipinski definition) is 2. The monoisotopic (exact) mass is 844 g/mol. The number of benzene rings is 4. The van der Waals surface area contributed by atoms with Gasteiger partial charge in [-0.15, -0.1) is 57.9 Å². The number of rotatable bonds is 4. The Kier molecular flexibility index (Phi) is 12.6. The molecule has 0 unspecified atom stereocenters. The van der Waals surface area contributed by atoms with Crippen molar-refractivity contribution in [1.82, 2.24) is 0 Å². The van der Waals surface area contributed by atoms with E-state index in [1.54, 1.807) is 0 Å². The first kappa shape index (κ1) is 40.0. The first-order valence-corrected chi connectivity index (χ1v) is 30.9. The maximum absolute atomic E-state index is 5.92. The molecule has 0 atom stereocenters. The topological polar surface area (TPSA) is 26.3 Å². The fourth-order valence-electron chi connectivity index (χ4n) is 6.70. The minimum absolute atomic E-state index is 0.224. The third kappa shape index (κ3) is 8.90. The van der Waals surface area contributed by atoms with Crippen LogP contribution in [-0.2, 0) is 18.0 Å². The van der Waals surface area contributed by atoms with Gasteiger partial charge in [-0.2, -0.15) is 0 Å². The Balaban J connectivity index is 0.000000160. The zero-order chi connectivity index (χ0) is 38.8. The number of furan rings is 2. The molecule has 2 aromatic heterocycles. The summed E-state index contributed by atoms with van der Waals surface area (Å²) < 4.78 is 11.8. The first-order valence-electron chi connectivity index (χ1n) is 18.4. The number of halogens is 2. The van der Waals surface area contributed by atoms with Crippen LogP contribution in [0.4, 0.5) is 0 Å². The van der Waals surface area contributed by atoms with Crippen molar-refractivity contribution in [3.63, 3.8) is 0 Å². The maximum Gasteiger partial charge on any atom is 0.0925 e. The molecule has 0 radical (unpaired) electrons. The van der Waals surface area contributed by atoms with Crippen molar-refractivity contribution in [3.05, 3.63) is 154 Å². The molecule has 276 valence electrons. The molecule has 0 amide bonds. The fourth-order valence-corrected chi connectivity index (χ4v) is 6.70. The van der Waals surface area contributed by atoms with E-state index in [-0.39, 0.29) is 5.43 Å². The summed E-state index contributed by atoms with van der Waals surface area (Å²) in [6.07, 6.45) is 0. The smallest absolute Gasteiger partial charge is 0.0925 e. The molecule has 0 N–H and O–H groups in total. The molecule has 2 heterocycles. The van der Waals surface area contributed by atoms with Crippen molar-refractivity contribution in [3.8, 4) is 44.9 Å². The maximum atomic E-state index is 5.92. The van der Waals surface area contributed by atoms with Crippen molar-refractivity contribution >= 4 is 44.0 Å². The molecule has 0 aliphatic heterocycles. The van der Waals surface area contributed by atoms with Crippen LogP contribution < -0.4 is 0 Å². The molecule has 8 aromatic rings. The minimum atomic E-state index is -1.65. The Labute approximate surface area is 335 Å². The molecule has 6 aromatic carbocycles. The second-order valence-electron chi connectivity index (χ2n) is 14.7. The van der Waals surface area contributed by atoms with Crippen LogP contribution in [0, 0.1) is 55.4 Å². The van der Waals surface area contributed by atoms with Gasteiger partial charge in [0, 0.05) is 0 Å². The van der Waals surface area contributed by atoms with Crippen LogP contribution in [0.25, 0.3) is 66.4 Å². The Morgan fingerprint density at radius 1 is 0.481 bits per heavy atom. The normalized spacial score (nSPS) is 11.0. The van der Waals surface area contributed by atoms with Crippen molar-refractivity contribution in [2.75, 3.05) is 0 Å². The molecule has 0 saturated heterocycles. The van der Waals surface area contributed by atoms with E-state index in [1.807, 2.05) is 13.8 Å². The first-order chi connectivity index (χ1) is 25.7. The minimum Gasteiger partial charge on any atom is -0.496 e. The Bertz CT molecular complexity index is 2380. The summed E-state index contributed by atoms with van der Waals surface area (Å²) in [7, 11) is 11.2. The molecule has 54 heavy (non-hydrogen) atoms. The summed E-state index contributed by atoms with van der Waals surface area (Å²) >= 11 is -1.65. The summed E-state index contributed by atoms with van der Waals surface area (Å²) in [6, 6.07) is 39.6. The molecule has 0 saturated carbocycles. The largest absolute Gasteiger partial charge is 0.496 e. The molecule has 0 aliphatic rings. The molecule has 8 rings (SSSR count). The van der Waals surface area contributed by atoms with Crippen LogP contribution in [0.15, 0.2) is 118 Å². The third-order valence-corrected chi connectivity index (χ3v) is 29.9.